The summed E-state index contributed by atoms with van der Waals surface area (Å²) in [5, 5.41) is 24.5. The quantitative estimate of drug-likeness (QED) is 0.657. The van der Waals surface area contributed by atoms with Crippen molar-refractivity contribution in [2.45, 2.75) is 19.8 Å². The zero-order chi connectivity index (χ0) is 16.3. The number of H-pyrrole nitrogens is 1. The molecule has 0 saturated heterocycles. The van der Waals surface area contributed by atoms with E-state index in [4.69, 9.17) is 0 Å². The van der Waals surface area contributed by atoms with Gasteiger partial charge in [-0.3, -0.25) is 14.9 Å². The molecule has 0 bridgehead atoms. The van der Waals surface area contributed by atoms with Gasteiger partial charge in [-0.05, 0) is 18.6 Å². The number of benzene rings is 1. The third-order valence-electron chi connectivity index (χ3n) is 3.22. The van der Waals surface area contributed by atoms with Crippen LogP contribution in [0.1, 0.15) is 34.6 Å². The fourth-order valence-corrected chi connectivity index (χ4v) is 2.17. The molecule has 1 amide bonds. The molecule has 1 aromatic heterocycles. The topological polar surface area (TPSA) is 118 Å². The predicted molar refractivity (Wildman–Crippen MR) is 77.4 cm³/mol. The fraction of sp³-hybridized carbons (Fsp3) is 0.385. The number of hydrogen-bond donors (Lipinski definition) is 1. The number of nitro groups is 1. The largest absolute Gasteiger partial charge is 0.341 e. The molecule has 9 nitrogen and oxygen atoms in total. The van der Waals surface area contributed by atoms with Crippen molar-refractivity contribution in [3.05, 3.63) is 45.3 Å². The summed E-state index contributed by atoms with van der Waals surface area (Å²) in [4.78, 5) is 24.3. The van der Waals surface area contributed by atoms with Gasteiger partial charge in [0.2, 0.25) is 0 Å². The molecule has 0 saturated carbocycles. The highest BCUT2D eigenvalue weighted by molar-refractivity contribution is 5.95. The van der Waals surface area contributed by atoms with Crippen LogP contribution in [0.15, 0.2) is 18.2 Å². The first-order valence-corrected chi connectivity index (χ1v) is 6.63. The number of amides is 1. The Balaban J connectivity index is 2.15. The number of tetrazole rings is 1. The van der Waals surface area contributed by atoms with Crippen LogP contribution in [0.25, 0.3) is 0 Å². The lowest BCUT2D eigenvalue weighted by Gasteiger charge is -2.20. The summed E-state index contributed by atoms with van der Waals surface area (Å²) in [6.45, 7) is 3.96. The Bertz CT molecular complexity index is 685. The molecule has 2 aromatic rings. The molecule has 0 radical (unpaired) electrons. The van der Waals surface area contributed by atoms with Crippen molar-refractivity contribution < 1.29 is 9.72 Å². The van der Waals surface area contributed by atoms with Crippen molar-refractivity contribution in [1.82, 2.24) is 25.5 Å². The number of aryl methyl sites for hydroxylation is 1. The summed E-state index contributed by atoms with van der Waals surface area (Å²) in [7, 11) is 1.63. The molecular weight excluding hydrogens is 288 g/mol. The van der Waals surface area contributed by atoms with Crippen LogP contribution in [0.3, 0.4) is 0 Å². The van der Waals surface area contributed by atoms with E-state index >= 15 is 0 Å². The standard InChI is InChI=1S/C13H16N6O3/c1-8-4-10(6-11(5-8)19(21)22)13(20)18(3)7-9(2)12-14-16-17-15-12/h4-6,9H,7H2,1-3H3,(H,14,15,16,17)/t9-/m1/s1. The summed E-state index contributed by atoms with van der Waals surface area (Å²) < 4.78 is 0. The second-order valence-electron chi connectivity index (χ2n) is 5.17. The fourth-order valence-electron chi connectivity index (χ4n) is 2.17. The van der Waals surface area contributed by atoms with E-state index < -0.39 is 4.92 Å². The van der Waals surface area contributed by atoms with Crippen LogP contribution < -0.4 is 0 Å². The molecule has 1 heterocycles. The zero-order valence-corrected chi connectivity index (χ0v) is 12.5. The summed E-state index contributed by atoms with van der Waals surface area (Å²) in [6, 6.07) is 4.34. The number of nitro benzene ring substituents is 1. The molecule has 0 aliphatic rings. The highest BCUT2D eigenvalue weighted by Gasteiger charge is 2.20. The molecule has 0 unspecified atom stereocenters. The van der Waals surface area contributed by atoms with E-state index in [-0.39, 0.29) is 23.1 Å². The Labute approximate surface area is 126 Å². The minimum absolute atomic E-state index is 0.0945. The molecule has 22 heavy (non-hydrogen) atoms. The van der Waals surface area contributed by atoms with Gasteiger partial charge in [0.1, 0.15) is 0 Å². The van der Waals surface area contributed by atoms with Crippen LogP contribution in [0.5, 0.6) is 0 Å². The summed E-state index contributed by atoms with van der Waals surface area (Å²) in [5.74, 6) is 0.115. The molecule has 1 aromatic carbocycles. The lowest BCUT2D eigenvalue weighted by Crippen LogP contribution is -2.30. The van der Waals surface area contributed by atoms with Crippen molar-refractivity contribution >= 4 is 11.6 Å². The number of carbonyl (C=O) groups is 1. The number of likely N-dealkylation sites (N-methyl/N-ethyl adjacent to an activating group) is 1. The number of aromatic amines is 1. The molecule has 0 spiro atoms. The van der Waals surface area contributed by atoms with Crippen LogP contribution in [-0.2, 0) is 0 Å². The molecule has 0 aliphatic heterocycles. The molecule has 1 N–H and O–H groups in total. The van der Waals surface area contributed by atoms with Gasteiger partial charge >= 0.3 is 0 Å². The molecule has 116 valence electrons. The van der Waals surface area contributed by atoms with Gasteiger partial charge in [-0.25, -0.2) is 0 Å². The summed E-state index contributed by atoms with van der Waals surface area (Å²) >= 11 is 0. The SMILES string of the molecule is Cc1cc(C(=O)N(C)C[C@@H](C)c2nn[nH]n2)cc([N+](=O)[O-])c1. The van der Waals surface area contributed by atoms with E-state index in [1.54, 1.807) is 20.0 Å². The highest BCUT2D eigenvalue weighted by atomic mass is 16.6. The van der Waals surface area contributed by atoms with Crippen molar-refractivity contribution in [2.24, 2.45) is 0 Å². The van der Waals surface area contributed by atoms with E-state index in [1.807, 2.05) is 6.92 Å². The summed E-state index contributed by atoms with van der Waals surface area (Å²) in [6.07, 6.45) is 0. The molecule has 0 fully saturated rings. The van der Waals surface area contributed by atoms with Gasteiger partial charge in [-0.2, -0.15) is 5.21 Å². The van der Waals surface area contributed by atoms with Crippen molar-refractivity contribution in [2.75, 3.05) is 13.6 Å². The smallest absolute Gasteiger partial charge is 0.270 e. The lowest BCUT2D eigenvalue weighted by molar-refractivity contribution is -0.384. The zero-order valence-electron chi connectivity index (χ0n) is 12.5. The van der Waals surface area contributed by atoms with Crippen molar-refractivity contribution in [3.8, 4) is 0 Å². The average molecular weight is 304 g/mol. The van der Waals surface area contributed by atoms with Crippen LogP contribution in [0.2, 0.25) is 0 Å². The molecule has 9 heteroatoms. The van der Waals surface area contributed by atoms with Gasteiger partial charge in [0.25, 0.3) is 11.6 Å². The number of non-ortho nitro benzene ring substituents is 1. The van der Waals surface area contributed by atoms with Crippen LogP contribution in [0.4, 0.5) is 5.69 Å². The van der Waals surface area contributed by atoms with Crippen molar-refractivity contribution in [1.29, 1.82) is 0 Å². The summed E-state index contributed by atoms with van der Waals surface area (Å²) in [5.41, 5.74) is 0.856. The van der Waals surface area contributed by atoms with Gasteiger partial charge in [0.05, 0.1) is 4.92 Å². The third kappa shape index (κ3) is 3.43. The maximum atomic E-state index is 12.4. The van der Waals surface area contributed by atoms with Crippen LogP contribution in [-0.4, -0.2) is 49.9 Å². The van der Waals surface area contributed by atoms with E-state index in [0.717, 1.165) is 0 Å². The first-order valence-electron chi connectivity index (χ1n) is 6.63. The lowest BCUT2D eigenvalue weighted by atomic mass is 10.1. The number of rotatable bonds is 5. The molecule has 1 atom stereocenters. The minimum atomic E-state index is -0.508. The van der Waals surface area contributed by atoms with Gasteiger partial charge in [-0.1, -0.05) is 12.1 Å². The Kier molecular flexibility index (Phi) is 4.44. The Hall–Kier alpha value is -2.84. The predicted octanol–water partition coefficient (Wildman–Crippen LogP) is 1.29. The van der Waals surface area contributed by atoms with E-state index in [2.05, 4.69) is 20.6 Å². The Morgan fingerprint density at radius 1 is 1.45 bits per heavy atom. The third-order valence-corrected chi connectivity index (χ3v) is 3.22. The van der Waals surface area contributed by atoms with E-state index in [0.29, 0.717) is 17.9 Å². The molecular formula is C13H16N6O3. The van der Waals surface area contributed by atoms with Crippen LogP contribution >= 0.6 is 0 Å². The van der Waals surface area contributed by atoms with Gasteiger partial charge < -0.3 is 4.90 Å². The first kappa shape index (κ1) is 15.5. The van der Waals surface area contributed by atoms with E-state index in [1.165, 1.54) is 17.0 Å². The second kappa shape index (κ2) is 6.29. The normalized spacial score (nSPS) is 12.0. The van der Waals surface area contributed by atoms with E-state index in [9.17, 15) is 14.9 Å². The van der Waals surface area contributed by atoms with Crippen molar-refractivity contribution in [3.63, 3.8) is 0 Å². The maximum Gasteiger partial charge on any atom is 0.270 e. The first-order chi connectivity index (χ1) is 10.4. The molecule has 0 aliphatic carbocycles. The average Bonchev–Trinajstić information content (AvgIpc) is 2.99. The molecule has 2 rings (SSSR count). The van der Waals surface area contributed by atoms with Gasteiger partial charge in [0, 0.05) is 37.2 Å². The van der Waals surface area contributed by atoms with Gasteiger partial charge in [0.15, 0.2) is 5.82 Å². The number of aromatic nitrogens is 4. The second-order valence-corrected chi connectivity index (χ2v) is 5.17. The van der Waals surface area contributed by atoms with Gasteiger partial charge in [-0.15, -0.1) is 10.2 Å². The number of nitrogens with one attached hydrogen (secondary N) is 1. The maximum absolute atomic E-state index is 12.4. The minimum Gasteiger partial charge on any atom is -0.341 e. The highest BCUT2D eigenvalue weighted by Crippen LogP contribution is 2.19. The number of nitrogens with zero attached hydrogens (tertiary/aromatic N) is 5. The number of carbonyl (C=O) groups excluding carboxylic acids is 1. The monoisotopic (exact) mass is 304 g/mol. The van der Waals surface area contributed by atoms with Crippen LogP contribution in [0, 0.1) is 17.0 Å². The number of hydrogen-bond acceptors (Lipinski definition) is 6. The Morgan fingerprint density at radius 3 is 2.77 bits per heavy atom. The Morgan fingerprint density at radius 2 is 2.18 bits per heavy atom.